The predicted molar refractivity (Wildman–Crippen MR) is 126 cm³/mol. The number of sulfonamides is 1. The molecule has 3 aromatic rings. The summed E-state index contributed by atoms with van der Waals surface area (Å²) < 4.78 is 28.2. The molecule has 3 rings (SSSR count). The van der Waals surface area contributed by atoms with Crippen molar-refractivity contribution in [3.8, 4) is 11.3 Å². The molecule has 0 aliphatic heterocycles. The lowest BCUT2D eigenvalue weighted by Crippen LogP contribution is -2.22. The highest BCUT2D eigenvalue weighted by Gasteiger charge is 2.22. The molecule has 1 heterocycles. The summed E-state index contributed by atoms with van der Waals surface area (Å²) in [5.74, 6) is 0. The fraction of sp³-hybridized carbons (Fsp3) is 0.250. The molecule has 29 heavy (non-hydrogen) atoms. The highest BCUT2D eigenvalue weighted by molar-refractivity contribution is 8.93. The van der Waals surface area contributed by atoms with Gasteiger partial charge in [-0.25, -0.2) is 17.7 Å². The lowest BCUT2D eigenvalue weighted by molar-refractivity contribution is 0.521. The summed E-state index contributed by atoms with van der Waals surface area (Å²) >= 11 is 7.68. The van der Waals surface area contributed by atoms with Gasteiger partial charge in [-0.15, -0.1) is 28.3 Å². The fourth-order valence-corrected chi connectivity index (χ4v) is 5.06. The third-order valence-corrected chi connectivity index (χ3v) is 7.92. The Labute approximate surface area is 191 Å². The Hall–Kier alpha value is -1.45. The van der Waals surface area contributed by atoms with Crippen molar-refractivity contribution < 1.29 is 8.42 Å². The van der Waals surface area contributed by atoms with E-state index in [0.29, 0.717) is 0 Å². The molecule has 0 saturated carbocycles. The van der Waals surface area contributed by atoms with Crippen LogP contribution in [0.5, 0.6) is 0 Å². The van der Waals surface area contributed by atoms with Crippen LogP contribution in [0.3, 0.4) is 0 Å². The lowest BCUT2D eigenvalue weighted by atomic mass is 10.1. The third kappa shape index (κ3) is 4.67. The molecule has 0 aliphatic carbocycles. The number of aryl methyl sites for hydroxylation is 1. The molecule has 0 aliphatic rings. The summed E-state index contributed by atoms with van der Waals surface area (Å²) in [6, 6.07) is 11.1. The monoisotopic (exact) mass is 515 g/mol. The van der Waals surface area contributed by atoms with Crippen LogP contribution in [0.25, 0.3) is 11.3 Å². The van der Waals surface area contributed by atoms with E-state index in [0.717, 1.165) is 31.6 Å². The Morgan fingerprint density at radius 1 is 1.14 bits per heavy atom. The summed E-state index contributed by atoms with van der Waals surface area (Å²) in [6.45, 7) is 4.12. The van der Waals surface area contributed by atoms with E-state index in [-0.39, 0.29) is 26.9 Å². The van der Waals surface area contributed by atoms with E-state index in [4.69, 9.17) is 16.6 Å². The average molecular weight is 517 g/mol. The minimum Gasteiger partial charge on any atom is -0.320 e. The van der Waals surface area contributed by atoms with Crippen molar-refractivity contribution in [2.45, 2.75) is 18.7 Å². The van der Waals surface area contributed by atoms with Crippen molar-refractivity contribution in [1.82, 2.24) is 8.87 Å². The predicted octanol–water partition coefficient (Wildman–Crippen LogP) is 5.08. The van der Waals surface area contributed by atoms with Gasteiger partial charge in [-0.05, 0) is 43.2 Å². The lowest BCUT2D eigenvalue weighted by Gasteiger charge is -2.14. The van der Waals surface area contributed by atoms with Crippen LogP contribution in [-0.2, 0) is 17.1 Å². The second-order valence-electron chi connectivity index (χ2n) is 6.73. The molecule has 5 nitrogen and oxygen atoms in total. The molecule has 0 N–H and O–H groups in total. The van der Waals surface area contributed by atoms with Crippen molar-refractivity contribution in [1.29, 1.82) is 0 Å². The van der Waals surface area contributed by atoms with Gasteiger partial charge >= 0.3 is 0 Å². The zero-order chi connectivity index (χ0) is 20.6. The number of benzene rings is 2. The maximum atomic E-state index is 12.6. The first-order valence-corrected chi connectivity index (χ1v) is 11.3. The quantitative estimate of drug-likeness (QED) is 0.485. The SMILES string of the molecule is Br.Cc1cccc(N=c2scc(-c3ccc(Cl)c(S(=O)(=O)N(C)C)c3)n2C)c1C. The van der Waals surface area contributed by atoms with Crippen LogP contribution in [0, 0.1) is 13.8 Å². The van der Waals surface area contributed by atoms with Crippen molar-refractivity contribution in [2.24, 2.45) is 12.0 Å². The fourth-order valence-electron chi connectivity index (χ4n) is 2.75. The van der Waals surface area contributed by atoms with E-state index in [9.17, 15) is 8.42 Å². The molecule has 0 saturated heterocycles. The van der Waals surface area contributed by atoms with Crippen molar-refractivity contribution >= 4 is 55.6 Å². The van der Waals surface area contributed by atoms with E-state index < -0.39 is 10.0 Å². The van der Waals surface area contributed by atoms with Gasteiger partial charge in [0.15, 0.2) is 4.80 Å². The normalized spacial score (nSPS) is 12.3. The number of hydrogen-bond donors (Lipinski definition) is 0. The second kappa shape index (κ2) is 9.14. The van der Waals surface area contributed by atoms with Gasteiger partial charge in [0.05, 0.1) is 16.4 Å². The van der Waals surface area contributed by atoms with E-state index in [1.54, 1.807) is 12.1 Å². The first-order valence-electron chi connectivity index (χ1n) is 8.61. The second-order valence-corrected chi connectivity index (χ2v) is 10.1. The topological polar surface area (TPSA) is 54.7 Å². The van der Waals surface area contributed by atoms with Gasteiger partial charge in [0.25, 0.3) is 0 Å². The van der Waals surface area contributed by atoms with E-state index in [1.165, 1.54) is 31.0 Å². The van der Waals surface area contributed by atoms with Crippen LogP contribution in [-0.4, -0.2) is 31.4 Å². The smallest absolute Gasteiger partial charge is 0.244 e. The molecule has 1 aromatic heterocycles. The van der Waals surface area contributed by atoms with Crippen molar-refractivity contribution in [3.05, 3.63) is 62.7 Å². The molecule has 0 radical (unpaired) electrons. The molecule has 156 valence electrons. The van der Waals surface area contributed by atoms with Crippen molar-refractivity contribution in [3.63, 3.8) is 0 Å². The number of rotatable bonds is 4. The van der Waals surface area contributed by atoms with Gasteiger partial charge in [0, 0.05) is 32.1 Å². The molecule has 2 aromatic carbocycles. The molecular formula is C20H23BrClN3O2S2. The molecule has 0 fully saturated rings. The number of thiazole rings is 1. The highest BCUT2D eigenvalue weighted by atomic mass is 79.9. The molecule has 0 bridgehead atoms. The Morgan fingerprint density at radius 3 is 2.48 bits per heavy atom. The van der Waals surface area contributed by atoms with Crippen LogP contribution in [0.1, 0.15) is 11.1 Å². The molecule has 0 spiro atoms. The van der Waals surface area contributed by atoms with Gasteiger partial charge < -0.3 is 4.57 Å². The summed E-state index contributed by atoms with van der Waals surface area (Å²) in [6.07, 6.45) is 0. The van der Waals surface area contributed by atoms with Crippen LogP contribution < -0.4 is 4.80 Å². The Balaban J connectivity index is 0.00000300. The minimum absolute atomic E-state index is 0. The van der Waals surface area contributed by atoms with Gasteiger partial charge in [-0.1, -0.05) is 29.8 Å². The highest BCUT2D eigenvalue weighted by Crippen LogP contribution is 2.30. The summed E-state index contributed by atoms with van der Waals surface area (Å²) in [7, 11) is 1.27. The zero-order valence-electron chi connectivity index (χ0n) is 16.8. The summed E-state index contributed by atoms with van der Waals surface area (Å²) in [5, 5.41) is 2.18. The summed E-state index contributed by atoms with van der Waals surface area (Å²) in [5.41, 5.74) is 4.91. The number of nitrogens with zero attached hydrogens (tertiary/aromatic N) is 3. The maximum Gasteiger partial charge on any atom is 0.244 e. The van der Waals surface area contributed by atoms with Crippen LogP contribution >= 0.6 is 39.9 Å². The standard InChI is InChI=1S/C20H22ClN3O2S2.BrH/c1-13-7-6-8-17(14(13)2)22-20-24(5)18(12-27-20)15-9-10-16(21)19(11-15)28(25,26)23(3)4;/h6-12H,1-5H3;1H. The maximum absolute atomic E-state index is 12.6. The molecule has 9 heteroatoms. The van der Waals surface area contributed by atoms with Gasteiger partial charge in [0.1, 0.15) is 4.90 Å². The minimum atomic E-state index is -3.63. The van der Waals surface area contributed by atoms with Crippen LogP contribution in [0.4, 0.5) is 5.69 Å². The van der Waals surface area contributed by atoms with E-state index in [2.05, 4.69) is 19.9 Å². The van der Waals surface area contributed by atoms with Gasteiger partial charge in [-0.3, -0.25) is 0 Å². The van der Waals surface area contributed by atoms with Crippen molar-refractivity contribution in [2.75, 3.05) is 14.1 Å². The van der Waals surface area contributed by atoms with Crippen LogP contribution in [0.15, 0.2) is 51.7 Å². The van der Waals surface area contributed by atoms with Crippen LogP contribution in [0.2, 0.25) is 5.02 Å². The third-order valence-electron chi connectivity index (χ3n) is 4.70. The van der Waals surface area contributed by atoms with Gasteiger partial charge in [0.2, 0.25) is 10.0 Å². The first-order chi connectivity index (χ1) is 13.1. The molecule has 0 atom stereocenters. The Kier molecular flexibility index (Phi) is 7.51. The first kappa shape index (κ1) is 23.8. The number of halogens is 2. The average Bonchev–Trinajstić information content (AvgIpc) is 3.00. The largest absolute Gasteiger partial charge is 0.320 e. The molecular weight excluding hydrogens is 494 g/mol. The Morgan fingerprint density at radius 2 is 1.83 bits per heavy atom. The Bertz CT molecular complexity index is 1210. The number of aromatic nitrogens is 1. The zero-order valence-corrected chi connectivity index (χ0v) is 20.9. The van der Waals surface area contributed by atoms with E-state index >= 15 is 0 Å². The summed E-state index contributed by atoms with van der Waals surface area (Å²) in [4.78, 5) is 5.72. The van der Waals surface area contributed by atoms with Gasteiger partial charge in [-0.2, -0.15) is 0 Å². The molecule has 0 unspecified atom stereocenters. The molecule has 0 amide bonds. The van der Waals surface area contributed by atoms with E-state index in [1.807, 2.05) is 35.2 Å². The number of hydrogen-bond acceptors (Lipinski definition) is 4.